The van der Waals surface area contributed by atoms with E-state index < -0.39 is 0 Å². The summed E-state index contributed by atoms with van der Waals surface area (Å²) in [5, 5.41) is 3.24. The van der Waals surface area contributed by atoms with Gasteiger partial charge in [0.15, 0.2) is 0 Å². The number of hydrogen-bond acceptors (Lipinski definition) is 4. The van der Waals surface area contributed by atoms with Crippen LogP contribution in [0.2, 0.25) is 0 Å². The number of rotatable bonds is 1. The van der Waals surface area contributed by atoms with E-state index >= 15 is 0 Å². The zero-order chi connectivity index (χ0) is 9.97. The van der Waals surface area contributed by atoms with Gasteiger partial charge in [-0.25, -0.2) is 0 Å². The number of nitrogens with two attached hydrogens (primary N) is 1. The predicted octanol–water partition coefficient (Wildman–Crippen LogP) is 1.09. The molecule has 0 radical (unpaired) electrons. The van der Waals surface area contributed by atoms with Gasteiger partial charge in [-0.1, -0.05) is 0 Å². The van der Waals surface area contributed by atoms with E-state index in [9.17, 15) is 0 Å². The molecule has 0 aliphatic carbocycles. The summed E-state index contributed by atoms with van der Waals surface area (Å²) in [4.78, 5) is 0. The van der Waals surface area contributed by atoms with Crippen molar-refractivity contribution in [2.45, 2.75) is 6.10 Å². The summed E-state index contributed by atoms with van der Waals surface area (Å²) in [6.45, 7) is 1.31. The Hall–Kier alpha value is -1.42. The minimum Gasteiger partial charge on any atom is -0.489 e. The Morgan fingerprint density at radius 3 is 3.21 bits per heavy atom. The van der Waals surface area contributed by atoms with Crippen LogP contribution in [0.3, 0.4) is 0 Å². The summed E-state index contributed by atoms with van der Waals surface area (Å²) in [7, 11) is 1.68. The Bertz CT molecular complexity index is 328. The van der Waals surface area contributed by atoms with Gasteiger partial charge in [-0.15, -0.1) is 0 Å². The molecule has 2 rings (SSSR count). The molecule has 0 aromatic heterocycles. The van der Waals surface area contributed by atoms with Gasteiger partial charge in [0.1, 0.15) is 18.5 Å². The molecule has 4 nitrogen and oxygen atoms in total. The van der Waals surface area contributed by atoms with Gasteiger partial charge >= 0.3 is 0 Å². The molecule has 1 atom stereocenters. The zero-order valence-corrected chi connectivity index (χ0v) is 8.12. The number of benzene rings is 1. The van der Waals surface area contributed by atoms with Crippen molar-refractivity contribution < 1.29 is 9.47 Å². The van der Waals surface area contributed by atoms with Crippen molar-refractivity contribution in [2.24, 2.45) is 0 Å². The lowest BCUT2D eigenvalue weighted by Crippen LogP contribution is -2.25. The molecule has 0 amide bonds. The second-order valence-corrected chi connectivity index (χ2v) is 3.31. The third-order valence-corrected chi connectivity index (χ3v) is 2.28. The molecule has 76 valence electrons. The largest absolute Gasteiger partial charge is 0.489 e. The predicted molar refractivity (Wildman–Crippen MR) is 55.6 cm³/mol. The number of ether oxygens (including phenoxy) is 2. The Balaban J connectivity index is 2.21. The lowest BCUT2D eigenvalue weighted by Gasteiger charge is -2.10. The minimum absolute atomic E-state index is 0.0867. The first-order chi connectivity index (χ1) is 6.79. The van der Waals surface area contributed by atoms with Crippen LogP contribution in [0.1, 0.15) is 0 Å². The average molecular weight is 194 g/mol. The SMILES string of the molecule is COC1CNc2cc(N)ccc2OC1. The average Bonchev–Trinajstić information content (AvgIpc) is 2.39. The van der Waals surface area contributed by atoms with Gasteiger partial charge in [0.05, 0.1) is 5.69 Å². The first kappa shape index (κ1) is 9.15. The molecule has 3 N–H and O–H groups in total. The van der Waals surface area contributed by atoms with Gasteiger partial charge in [-0.2, -0.15) is 0 Å². The highest BCUT2D eigenvalue weighted by Crippen LogP contribution is 2.28. The third kappa shape index (κ3) is 1.75. The van der Waals surface area contributed by atoms with E-state index in [0.717, 1.165) is 23.7 Å². The summed E-state index contributed by atoms with van der Waals surface area (Å²) >= 11 is 0. The van der Waals surface area contributed by atoms with Crippen molar-refractivity contribution in [3.05, 3.63) is 18.2 Å². The second kappa shape index (κ2) is 3.75. The molecule has 14 heavy (non-hydrogen) atoms. The molecule has 4 heteroatoms. The van der Waals surface area contributed by atoms with Crippen molar-refractivity contribution >= 4 is 11.4 Å². The van der Waals surface area contributed by atoms with E-state index in [1.807, 2.05) is 18.2 Å². The van der Waals surface area contributed by atoms with E-state index in [4.69, 9.17) is 15.2 Å². The number of anilines is 2. The van der Waals surface area contributed by atoms with Crippen LogP contribution in [0.4, 0.5) is 11.4 Å². The van der Waals surface area contributed by atoms with Crippen molar-refractivity contribution in [1.82, 2.24) is 0 Å². The van der Waals surface area contributed by atoms with Crippen LogP contribution in [-0.2, 0) is 4.74 Å². The van der Waals surface area contributed by atoms with Gasteiger partial charge in [0.2, 0.25) is 0 Å². The fraction of sp³-hybridized carbons (Fsp3) is 0.400. The molecule has 1 aliphatic heterocycles. The molecule has 0 bridgehead atoms. The van der Waals surface area contributed by atoms with Gasteiger partial charge < -0.3 is 20.5 Å². The van der Waals surface area contributed by atoms with Crippen molar-refractivity contribution in [1.29, 1.82) is 0 Å². The van der Waals surface area contributed by atoms with Crippen LogP contribution in [-0.4, -0.2) is 26.4 Å². The van der Waals surface area contributed by atoms with Crippen LogP contribution >= 0.6 is 0 Å². The van der Waals surface area contributed by atoms with E-state index in [-0.39, 0.29) is 6.10 Å². The molecular weight excluding hydrogens is 180 g/mol. The highest BCUT2D eigenvalue weighted by molar-refractivity contribution is 5.63. The molecule has 1 aliphatic rings. The van der Waals surface area contributed by atoms with Crippen molar-refractivity contribution in [2.75, 3.05) is 31.3 Å². The Kier molecular flexibility index (Phi) is 2.45. The zero-order valence-electron chi connectivity index (χ0n) is 8.12. The third-order valence-electron chi connectivity index (χ3n) is 2.28. The summed E-state index contributed by atoms with van der Waals surface area (Å²) in [5.74, 6) is 0.832. The molecule has 0 fully saturated rings. The molecule has 1 unspecified atom stereocenters. The standard InChI is InChI=1S/C10H14N2O2/c1-13-8-5-12-9-4-7(11)2-3-10(9)14-6-8/h2-4,8,12H,5-6,11H2,1H3. The highest BCUT2D eigenvalue weighted by atomic mass is 16.5. The van der Waals surface area contributed by atoms with E-state index in [0.29, 0.717) is 6.61 Å². The van der Waals surface area contributed by atoms with Crippen LogP contribution in [0.15, 0.2) is 18.2 Å². The molecule has 0 saturated carbocycles. The van der Waals surface area contributed by atoms with Crippen molar-refractivity contribution in [3.63, 3.8) is 0 Å². The van der Waals surface area contributed by atoms with Crippen molar-refractivity contribution in [3.8, 4) is 5.75 Å². The summed E-state index contributed by atoms with van der Waals surface area (Å²) in [6.07, 6.45) is 0.0867. The van der Waals surface area contributed by atoms with E-state index in [1.54, 1.807) is 7.11 Å². The number of fused-ring (bicyclic) bond motifs is 1. The number of hydrogen-bond donors (Lipinski definition) is 2. The molecule has 1 aromatic rings. The molecule has 1 aromatic carbocycles. The maximum atomic E-state index is 5.67. The first-order valence-electron chi connectivity index (χ1n) is 4.58. The van der Waals surface area contributed by atoms with Gasteiger partial charge in [0.25, 0.3) is 0 Å². The second-order valence-electron chi connectivity index (χ2n) is 3.31. The smallest absolute Gasteiger partial charge is 0.142 e. The summed E-state index contributed by atoms with van der Waals surface area (Å²) in [5.41, 5.74) is 7.34. The fourth-order valence-corrected chi connectivity index (χ4v) is 1.43. The van der Waals surface area contributed by atoms with Crippen LogP contribution in [0.25, 0.3) is 0 Å². The Morgan fingerprint density at radius 2 is 2.43 bits per heavy atom. The first-order valence-corrected chi connectivity index (χ1v) is 4.58. The summed E-state index contributed by atoms with van der Waals surface area (Å²) in [6, 6.07) is 5.57. The molecular formula is C10H14N2O2. The normalized spacial score (nSPS) is 20.2. The maximum Gasteiger partial charge on any atom is 0.142 e. The Morgan fingerprint density at radius 1 is 1.57 bits per heavy atom. The van der Waals surface area contributed by atoms with Crippen LogP contribution < -0.4 is 15.8 Å². The summed E-state index contributed by atoms with van der Waals surface area (Å²) < 4.78 is 10.8. The monoisotopic (exact) mass is 194 g/mol. The molecule has 0 spiro atoms. The molecule has 0 saturated heterocycles. The van der Waals surface area contributed by atoms with E-state index in [1.165, 1.54) is 0 Å². The van der Waals surface area contributed by atoms with Gasteiger partial charge in [-0.05, 0) is 18.2 Å². The lowest BCUT2D eigenvalue weighted by molar-refractivity contribution is 0.0709. The topological polar surface area (TPSA) is 56.5 Å². The van der Waals surface area contributed by atoms with Crippen LogP contribution in [0.5, 0.6) is 5.75 Å². The highest BCUT2D eigenvalue weighted by Gasteiger charge is 2.15. The van der Waals surface area contributed by atoms with Crippen LogP contribution in [0, 0.1) is 0 Å². The Labute approximate surface area is 83.0 Å². The minimum atomic E-state index is 0.0867. The maximum absolute atomic E-state index is 5.67. The van der Waals surface area contributed by atoms with Gasteiger partial charge in [0, 0.05) is 19.3 Å². The number of nitrogens with one attached hydrogen (secondary N) is 1. The number of nitrogen functional groups attached to an aromatic ring is 1. The number of methoxy groups -OCH3 is 1. The van der Waals surface area contributed by atoms with Gasteiger partial charge in [-0.3, -0.25) is 0 Å². The lowest BCUT2D eigenvalue weighted by atomic mass is 10.2. The quantitative estimate of drug-likeness (QED) is 0.657. The molecule has 1 heterocycles. The van der Waals surface area contributed by atoms with E-state index in [2.05, 4.69) is 5.32 Å². The fourth-order valence-electron chi connectivity index (χ4n) is 1.43.